The summed E-state index contributed by atoms with van der Waals surface area (Å²) in [5, 5.41) is 2.62. The van der Waals surface area contributed by atoms with E-state index < -0.39 is 10.2 Å². The molecule has 7 heteroatoms. The van der Waals surface area contributed by atoms with E-state index in [0.717, 1.165) is 0 Å². The van der Waals surface area contributed by atoms with Crippen molar-refractivity contribution in [2.45, 2.75) is 0 Å². The van der Waals surface area contributed by atoms with Crippen LogP contribution in [0, 0.1) is 10.2 Å². The van der Waals surface area contributed by atoms with Crippen molar-refractivity contribution in [1.29, 1.82) is 0 Å². The molecule has 1 aromatic heterocycles. The molecule has 0 bridgehead atoms. The van der Waals surface area contributed by atoms with Crippen LogP contribution in [0.4, 0.5) is 0 Å². The Labute approximate surface area is 160 Å². The van der Waals surface area contributed by atoms with Gasteiger partial charge in [-0.2, -0.15) is 0 Å². The molecule has 0 aliphatic carbocycles. The van der Waals surface area contributed by atoms with Gasteiger partial charge in [-0.15, -0.1) is 10.2 Å². The van der Waals surface area contributed by atoms with Gasteiger partial charge in [0.1, 0.15) is 0 Å². The second-order valence-electron chi connectivity index (χ2n) is 5.26. The monoisotopic (exact) mass is 404 g/mol. The molecule has 4 nitrogen and oxygen atoms in total. The molecule has 26 heavy (non-hydrogen) atoms. The summed E-state index contributed by atoms with van der Waals surface area (Å²) >= 11 is 3.66. The number of hydrogen-bond acceptors (Lipinski definition) is 5. The maximum atomic E-state index is 8.49. The van der Waals surface area contributed by atoms with E-state index in [0.29, 0.717) is 0 Å². The van der Waals surface area contributed by atoms with Crippen LogP contribution in [-0.2, 0) is 0 Å². The average molecular weight is 405 g/mol. The van der Waals surface area contributed by atoms with Gasteiger partial charge in [-0.1, -0.05) is 72.8 Å². The van der Waals surface area contributed by atoms with Crippen molar-refractivity contribution in [2.24, 2.45) is 0 Å². The average Bonchev–Trinajstić information content (AvgIpc) is 3.10. The molecule has 0 saturated carbocycles. The van der Waals surface area contributed by atoms with Crippen LogP contribution in [0.1, 0.15) is 0 Å². The number of fused-ring (bicyclic) bond motifs is 1. The Bertz CT molecular complexity index is 986. The molecule has 0 aliphatic rings. The summed E-state index contributed by atoms with van der Waals surface area (Å²) in [6.45, 7) is 0. The minimum Gasteiger partial charge on any atom is -0.222 e. The first kappa shape index (κ1) is 18.9. The van der Waals surface area contributed by atoms with E-state index in [1.807, 2.05) is 22.7 Å². The van der Waals surface area contributed by atoms with Gasteiger partial charge in [0.15, 0.2) is 9.75 Å². The SMILES string of the molecule is [O-][Cl+3]([O-])([O-])[O-].c1ccc(-c2[s+]csc2-c2cccc3ccccc23)cc1. The standard InChI is InChI=1S/C19H13S2.ClHO4/c1-2-8-15(9-3-1)18-19(21-13-20-18)17-12-6-10-14-7-4-5-11-16(14)17;2-1(3,4)5/h1-13H;(H,2,3,4,5)/q+1;/p-1. The molecule has 3 aromatic carbocycles. The molecule has 0 radical (unpaired) electrons. The third kappa shape index (κ3) is 4.84. The van der Waals surface area contributed by atoms with Crippen molar-refractivity contribution in [1.82, 2.24) is 0 Å². The third-order valence-electron chi connectivity index (χ3n) is 3.61. The zero-order chi connectivity index (χ0) is 18.6. The van der Waals surface area contributed by atoms with Gasteiger partial charge in [-0.25, -0.2) is 18.6 Å². The third-order valence-corrected chi connectivity index (χ3v) is 5.84. The molecular weight excluding hydrogens is 392 g/mol. The lowest BCUT2D eigenvalue weighted by molar-refractivity contribution is -2.00. The molecule has 132 valence electrons. The Morgan fingerprint density at radius 2 is 1.35 bits per heavy atom. The molecule has 0 fully saturated rings. The van der Waals surface area contributed by atoms with Crippen LogP contribution >= 0.6 is 22.7 Å². The highest BCUT2D eigenvalue weighted by atomic mass is 35.7. The van der Waals surface area contributed by atoms with Gasteiger partial charge >= 0.3 is 0 Å². The van der Waals surface area contributed by atoms with Crippen LogP contribution in [0.5, 0.6) is 0 Å². The van der Waals surface area contributed by atoms with Gasteiger partial charge < -0.3 is 0 Å². The number of benzene rings is 3. The summed E-state index contributed by atoms with van der Waals surface area (Å²) in [4.78, 5) is 2.72. The maximum absolute atomic E-state index is 8.49. The quantitative estimate of drug-likeness (QED) is 0.476. The van der Waals surface area contributed by atoms with Crippen LogP contribution in [0.25, 0.3) is 31.7 Å². The molecule has 1 heterocycles. The molecule has 4 rings (SSSR count). The van der Waals surface area contributed by atoms with Crippen molar-refractivity contribution in [3.63, 3.8) is 0 Å². The minimum absolute atomic E-state index is 1.30. The van der Waals surface area contributed by atoms with E-state index in [2.05, 4.69) is 77.5 Å². The second-order valence-corrected chi connectivity index (χ2v) is 8.07. The van der Waals surface area contributed by atoms with E-state index in [1.165, 1.54) is 31.7 Å². The molecule has 0 saturated heterocycles. The number of hydrogen-bond donors (Lipinski definition) is 0. The van der Waals surface area contributed by atoms with E-state index in [9.17, 15) is 0 Å². The zero-order valence-corrected chi connectivity index (χ0v) is 15.7. The first-order valence-electron chi connectivity index (χ1n) is 7.48. The van der Waals surface area contributed by atoms with Crippen molar-refractivity contribution in [3.05, 3.63) is 77.5 Å². The van der Waals surface area contributed by atoms with Crippen LogP contribution in [0.15, 0.2) is 77.5 Å². The lowest BCUT2D eigenvalue weighted by Gasteiger charge is -2.17. The Kier molecular flexibility index (Phi) is 5.95. The Hall–Kier alpha value is -1.90. The van der Waals surface area contributed by atoms with Gasteiger partial charge in [0, 0.05) is 11.1 Å². The fraction of sp³-hybridized carbons (Fsp3) is 0. The van der Waals surface area contributed by atoms with Gasteiger partial charge in [-0.05, 0) is 10.8 Å². The molecule has 0 aliphatic heterocycles. The summed E-state index contributed by atoms with van der Waals surface area (Å²) in [6, 6.07) is 25.8. The van der Waals surface area contributed by atoms with Crippen LogP contribution in [0.3, 0.4) is 0 Å². The van der Waals surface area contributed by atoms with Crippen LogP contribution < -0.4 is 18.6 Å². The van der Waals surface area contributed by atoms with Gasteiger partial charge in [0.05, 0.1) is 22.7 Å². The normalized spacial score (nSPS) is 11.1. The van der Waals surface area contributed by atoms with Gasteiger partial charge in [0.25, 0.3) is 0 Å². The fourth-order valence-electron chi connectivity index (χ4n) is 2.63. The van der Waals surface area contributed by atoms with E-state index >= 15 is 0 Å². The topological polar surface area (TPSA) is 92.2 Å². The lowest BCUT2D eigenvalue weighted by atomic mass is 10.0. The predicted molar refractivity (Wildman–Crippen MR) is 95.0 cm³/mol. The summed E-state index contributed by atoms with van der Waals surface area (Å²) in [5.41, 5.74) is 2.63. The number of rotatable bonds is 2. The van der Waals surface area contributed by atoms with Crippen molar-refractivity contribution < 1.29 is 28.9 Å². The summed E-state index contributed by atoms with van der Waals surface area (Å²) < 4.78 is 36.2. The lowest BCUT2D eigenvalue weighted by Crippen LogP contribution is -2.68. The molecule has 0 unspecified atom stereocenters. The summed E-state index contributed by atoms with van der Waals surface area (Å²) in [6.07, 6.45) is 0. The van der Waals surface area contributed by atoms with Crippen molar-refractivity contribution in [2.75, 3.05) is 0 Å². The highest BCUT2D eigenvalue weighted by Gasteiger charge is 2.20. The Morgan fingerprint density at radius 3 is 2.08 bits per heavy atom. The van der Waals surface area contributed by atoms with E-state index in [-0.39, 0.29) is 0 Å². The maximum Gasteiger partial charge on any atom is 0.243 e. The molecule has 0 amide bonds. The van der Waals surface area contributed by atoms with Gasteiger partial charge in [0.2, 0.25) is 4.69 Å². The second kappa shape index (κ2) is 8.20. The highest BCUT2D eigenvalue weighted by molar-refractivity contribution is 7.32. The van der Waals surface area contributed by atoms with Gasteiger partial charge in [-0.3, -0.25) is 0 Å². The van der Waals surface area contributed by atoms with Crippen molar-refractivity contribution >= 4 is 33.4 Å². The summed E-state index contributed by atoms with van der Waals surface area (Å²) in [5.74, 6) is 0. The molecule has 0 atom stereocenters. The van der Waals surface area contributed by atoms with Crippen LogP contribution in [0.2, 0.25) is 0 Å². The predicted octanol–water partition coefficient (Wildman–Crippen LogP) is 1.82. The first-order valence-corrected chi connectivity index (χ1v) is 10.5. The molecular formula is C19H13ClO4S2. The largest absolute Gasteiger partial charge is 0.243 e. The van der Waals surface area contributed by atoms with E-state index in [1.54, 1.807) is 0 Å². The van der Waals surface area contributed by atoms with Crippen molar-refractivity contribution in [3.8, 4) is 20.9 Å². The Morgan fingerprint density at radius 1 is 0.731 bits per heavy atom. The smallest absolute Gasteiger partial charge is 0.222 e. The zero-order valence-electron chi connectivity index (χ0n) is 13.3. The summed E-state index contributed by atoms with van der Waals surface area (Å²) in [7, 11) is -4.94. The molecule has 0 spiro atoms. The highest BCUT2D eigenvalue weighted by Crippen LogP contribution is 2.42. The molecule has 0 N–H and O–H groups in total. The van der Waals surface area contributed by atoms with Crippen LogP contribution in [-0.4, -0.2) is 0 Å². The number of halogens is 1. The Balaban J connectivity index is 0.000000349. The minimum atomic E-state index is -4.94. The molecule has 4 aromatic rings. The first-order chi connectivity index (χ1) is 12.4. The van der Waals surface area contributed by atoms with E-state index in [4.69, 9.17) is 18.6 Å². The fourth-order valence-corrected chi connectivity index (χ4v) is 4.90.